The van der Waals surface area contributed by atoms with Crippen LogP contribution in [0.2, 0.25) is 0 Å². The van der Waals surface area contributed by atoms with Crippen LogP contribution in [0.5, 0.6) is 23.0 Å². The number of ketones is 2. The van der Waals surface area contributed by atoms with E-state index in [0.717, 1.165) is 52.3 Å². The van der Waals surface area contributed by atoms with Crippen LogP contribution in [0.25, 0.3) is 0 Å². The molecule has 19 heteroatoms. The standard InChI is InChI=1S/2C9H10O6S.2Na.3H2O/c2*1-5(10)6-3-9(16(12,13)14)8(15-2)4-7(6)11;;;;;/h2*3-4,11H,1-2H3,(H,12,13,14);;;3*1H2/q;;2*+1;;;/p-2. The molecule has 0 aromatic heterocycles. The zero-order chi connectivity index (χ0) is 25.0. The summed E-state index contributed by atoms with van der Waals surface area (Å²) in [6.07, 6.45) is 0. The number of hydrogen-bond acceptors (Lipinski definition) is 12. The van der Waals surface area contributed by atoms with Crippen LogP contribution in [-0.2, 0) is 20.2 Å². The monoisotopic (exact) mass is 590 g/mol. The summed E-state index contributed by atoms with van der Waals surface area (Å²) in [7, 11) is -7.21. The molecule has 0 saturated carbocycles. The van der Waals surface area contributed by atoms with Gasteiger partial charge in [0.05, 0.1) is 35.1 Å². The molecule has 0 aliphatic heterocycles. The van der Waals surface area contributed by atoms with Gasteiger partial charge in [-0.2, -0.15) is 0 Å². The number of benzene rings is 2. The average Bonchev–Trinajstić information content (AvgIpc) is 2.65. The molecule has 0 spiro atoms. The van der Waals surface area contributed by atoms with Crippen molar-refractivity contribution in [3.63, 3.8) is 0 Å². The summed E-state index contributed by atoms with van der Waals surface area (Å²) in [5.41, 5.74) is -0.481. The molecular formula is C18H24Na2O15S2. The third kappa shape index (κ3) is 12.4. The fraction of sp³-hybridized carbons (Fsp3) is 0.222. The molecule has 2 aromatic rings. The minimum atomic E-state index is -4.76. The second-order valence-corrected chi connectivity index (χ2v) is 8.76. The van der Waals surface area contributed by atoms with E-state index in [1.165, 1.54) is 0 Å². The van der Waals surface area contributed by atoms with Crippen molar-refractivity contribution in [1.29, 1.82) is 0 Å². The molecule has 0 atom stereocenters. The van der Waals surface area contributed by atoms with E-state index < -0.39 is 53.1 Å². The summed E-state index contributed by atoms with van der Waals surface area (Å²) >= 11 is 0. The van der Waals surface area contributed by atoms with Crippen LogP contribution in [0.1, 0.15) is 34.6 Å². The zero-order valence-electron chi connectivity index (χ0n) is 20.6. The van der Waals surface area contributed by atoms with E-state index >= 15 is 0 Å². The number of phenols is 2. The van der Waals surface area contributed by atoms with Crippen LogP contribution in [-0.4, -0.2) is 78.4 Å². The molecule has 0 radical (unpaired) electrons. The SMILES string of the molecule is COc1cc(O)c(C(C)=O)cc1S(=O)(=O)[O-].COc1cc(O)c(C(C)=O)cc1S(=O)(=O)[O-].O.O.O.[Na+].[Na+]. The molecular weight excluding hydrogens is 566 g/mol. The van der Waals surface area contributed by atoms with Crippen molar-refractivity contribution in [2.45, 2.75) is 23.6 Å². The van der Waals surface area contributed by atoms with Gasteiger partial charge in [-0.15, -0.1) is 0 Å². The maximum atomic E-state index is 11.0. The summed E-state index contributed by atoms with van der Waals surface area (Å²) in [5.74, 6) is -2.56. The molecule has 0 saturated heterocycles. The Morgan fingerprint density at radius 2 is 0.919 bits per heavy atom. The fourth-order valence-electron chi connectivity index (χ4n) is 2.37. The summed E-state index contributed by atoms with van der Waals surface area (Å²) in [4.78, 5) is 20.8. The Bertz CT molecular complexity index is 1180. The summed E-state index contributed by atoms with van der Waals surface area (Å²) in [6, 6.07) is 3.45. The second kappa shape index (κ2) is 18.1. The van der Waals surface area contributed by atoms with Crippen molar-refractivity contribution in [2.75, 3.05) is 14.2 Å². The number of methoxy groups -OCH3 is 2. The fourth-order valence-corrected chi connectivity index (χ4v) is 3.67. The predicted molar refractivity (Wildman–Crippen MR) is 116 cm³/mol. The van der Waals surface area contributed by atoms with Crippen LogP contribution in [0.3, 0.4) is 0 Å². The third-order valence-electron chi connectivity index (χ3n) is 3.86. The van der Waals surface area contributed by atoms with E-state index in [4.69, 9.17) is 0 Å². The minimum Gasteiger partial charge on any atom is -0.744 e. The molecule has 0 fully saturated rings. The molecule has 0 amide bonds. The molecule has 15 nitrogen and oxygen atoms in total. The van der Waals surface area contributed by atoms with E-state index in [2.05, 4.69) is 9.47 Å². The van der Waals surface area contributed by atoms with Crippen LogP contribution in [0, 0.1) is 0 Å². The Hall–Kier alpha value is -1.32. The number of aromatic hydroxyl groups is 2. The Kier molecular flexibility index (Phi) is 22.2. The number of carbonyl (C=O) groups excluding carboxylic acids is 2. The third-order valence-corrected chi connectivity index (χ3v) is 5.58. The van der Waals surface area contributed by atoms with Crippen molar-refractivity contribution in [3.8, 4) is 23.0 Å². The molecule has 2 aromatic carbocycles. The normalized spacial score (nSPS) is 9.68. The van der Waals surface area contributed by atoms with Gasteiger partial charge in [0.2, 0.25) is 0 Å². The van der Waals surface area contributed by atoms with Gasteiger partial charge in [-0.3, -0.25) is 9.59 Å². The summed E-state index contributed by atoms with van der Waals surface area (Å²) in [6.45, 7) is 2.28. The molecule has 0 bridgehead atoms. The van der Waals surface area contributed by atoms with Gasteiger partial charge in [-0.25, -0.2) is 16.8 Å². The van der Waals surface area contributed by atoms with Gasteiger partial charge in [0.15, 0.2) is 11.6 Å². The van der Waals surface area contributed by atoms with E-state index in [1.807, 2.05) is 0 Å². The second-order valence-electron chi connectivity index (χ2n) is 6.06. The Balaban J connectivity index is -0.000000163. The van der Waals surface area contributed by atoms with Crippen molar-refractivity contribution in [1.82, 2.24) is 0 Å². The van der Waals surface area contributed by atoms with Crippen LogP contribution < -0.4 is 68.6 Å². The maximum Gasteiger partial charge on any atom is 1.00 e. The molecule has 0 unspecified atom stereocenters. The smallest absolute Gasteiger partial charge is 0.744 e. The molecule has 0 heterocycles. The van der Waals surface area contributed by atoms with Crippen molar-refractivity contribution >= 4 is 31.8 Å². The number of carbonyl (C=O) groups is 2. The first-order valence-corrected chi connectivity index (χ1v) is 11.1. The van der Waals surface area contributed by atoms with Gasteiger partial charge >= 0.3 is 59.1 Å². The first-order valence-electron chi connectivity index (χ1n) is 8.30. The molecule has 0 aliphatic rings. The molecule has 37 heavy (non-hydrogen) atoms. The van der Waals surface area contributed by atoms with E-state index in [-0.39, 0.29) is 98.2 Å². The first-order chi connectivity index (χ1) is 14.5. The number of ether oxygens (including phenoxy) is 2. The van der Waals surface area contributed by atoms with Crippen LogP contribution in [0.4, 0.5) is 0 Å². The Morgan fingerprint density at radius 3 is 1.08 bits per heavy atom. The van der Waals surface area contributed by atoms with Gasteiger partial charge < -0.3 is 45.2 Å². The quantitative estimate of drug-likeness (QED) is 0.180. The van der Waals surface area contributed by atoms with Gasteiger partial charge in [-0.05, 0) is 26.0 Å². The molecule has 0 aliphatic carbocycles. The van der Waals surface area contributed by atoms with Gasteiger partial charge in [0, 0.05) is 12.1 Å². The molecule has 8 N–H and O–H groups in total. The van der Waals surface area contributed by atoms with Gasteiger partial charge in [0.1, 0.15) is 43.2 Å². The largest absolute Gasteiger partial charge is 1.00 e. The topological polar surface area (TPSA) is 302 Å². The van der Waals surface area contributed by atoms with E-state index in [9.17, 15) is 45.7 Å². The maximum absolute atomic E-state index is 11.0. The number of phenolic OH excluding ortho intramolecular Hbond substituents is 2. The zero-order valence-corrected chi connectivity index (χ0v) is 26.2. The van der Waals surface area contributed by atoms with E-state index in [0.29, 0.717) is 0 Å². The molecule has 200 valence electrons. The van der Waals surface area contributed by atoms with Gasteiger partial charge in [0.25, 0.3) is 0 Å². The first kappa shape index (κ1) is 45.6. The Labute approximate surface area is 256 Å². The van der Waals surface area contributed by atoms with E-state index in [1.54, 1.807) is 0 Å². The predicted octanol–water partition coefficient (Wildman–Crippen LogP) is -7.45. The summed E-state index contributed by atoms with van der Waals surface area (Å²) in [5, 5.41) is 18.8. The number of hydrogen-bond donors (Lipinski definition) is 2. The van der Waals surface area contributed by atoms with Crippen molar-refractivity contribution in [2.24, 2.45) is 0 Å². The van der Waals surface area contributed by atoms with Crippen LogP contribution in [0.15, 0.2) is 34.1 Å². The average molecular weight is 590 g/mol. The Morgan fingerprint density at radius 1 is 0.676 bits per heavy atom. The summed E-state index contributed by atoms with van der Waals surface area (Å²) < 4.78 is 74.5. The van der Waals surface area contributed by atoms with Gasteiger partial charge in [-0.1, -0.05) is 0 Å². The molecule has 2 rings (SSSR count). The van der Waals surface area contributed by atoms with Crippen molar-refractivity contribution in [3.05, 3.63) is 35.4 Å². The van der Waals surface area contributed by atoms with Crippen LogP contribution >= 0.6 is 0 Å². The minimum absolute atomic E-state index is 0. The number of Topliss-reactive ketones (excluding diaryl/α,β-unsaturated/α-hetero) is 2. The van der Waals surface area contributed by atoms with Crippen molar-refractivity contribution < 1.29 is 131 Å². The number of rotatable bonds is 6.